The predicted octanol–water partition coefficient (Wildman–Crippen LogP) is 0.0364. The summed E-state index contributed by atoms with van der Waals surface area (Å²) >= 11 is 0. The molecule has 2 heterocycles. The molecule has 3 rings (SSSR count). The van der Waals surface area contributed by atoms with Crippen LogP contribution >= 0.6 is 0 Å². The van der Waals surface area contributed by atoms with Crippen LogP contribution in [0.4, 0.5) is 5.69 Å². The van der Waals surface area contributed by atoms with Gasteiger partial charge < -0.3 is 15.2 Å². The van der Waals surface area contributed by atoms with E-state index in [9.17, 15) is 13.5 Å². The van der Waals surface area contributed by atoms with Gasteiger partial charge in [0.2, 0.25) is 10.0 Å². The van der Waals surface area contributed by atoms with E-state index >= 15 is 0 Å². The van der Waals surface area contributed by atoms with Crippen LogP contribution in [0.2, 0.25) is 0 Å². The molecule has 2 aliphatic heterocycles. The molecule has 0 saturated carbocycles. The van der Waals surface area contributed by atoms with Crippen molar-refractivity contribution in [3.8, 4) is 0 Å². The van der Waals surface area contributed by atoms with E-state index in [-0.39, 0.29) is 24.7 Å². The lowest BCUT2D eigenvalue weighted by Crippen LogP contribution is -2.50. The lowest BCUT2D eigenvalue weighted by molar-refractivity contribution is 0.0109. The first kappa shape index (κ1) is 13.8. The van der Waals surface area contributed by atoms with Crippen LogP contribution in [0.3, 0.4) is 0 Å². The van der Waals surface area contributed by atoms with Crippen LogP contribution < -0.4 is 5.32 Å². The van der Waals surface area contributed by atoms with E-state index in [4.69, 9.17) is 4.74 Å². The van der Waals surface area contributed by atoms with Crippen LogP contribution in [-0.2, 0) is 21.2 Å². The van der Waals surface area contributed by atoms with Gasteiger partial charge in [-0.2, -0.15) is 4.31 Å². The van der Waals surface area contributed by atoms with Crippen LogP contribution in [0.25, 0.3) is 0 Å². The third-order valence-electron chi connectivity index (χ3n) is 3.78. The van der Waals surface area contributed by atoms with E-state index in [1.54, 1.807) is 12.1 Å². The number of sulfonamides is 1. The summed E-state index contributed by atoms with van der Waals surface area (Å²) in [6.07, 6.45) is 0.923. The van der Waals surface area contributed by atoms with Gasteiger partial charge in [0.15, 0.2) is 0 Å². The molecule has 0 aromatic heterocycles. The van der Waals surface area contributed by atoms with Crippen molar-refractivity contribution in [2.75, 3.05) is 38.2 Å². The predicted molar refractivity (Wildman–Crippen MR) is 74.2 cm³/mol. The van der Waals surface area contributed by atoms with Gasteiger partial charge in [-0.3, -0.25) is 0 Å². The number of ether oxygens (including phenoxy) is 1. The van der Waals surface area contributed by atoms with Gasteiger partial charge in [-0.1, -0.05) is 6.07 Å². The Balaban J connectivity index is 1.94. The Kier molecular flexibility index (Phi) is 3.68. The molecule has 1 fully saturated rings. The van der Waals surface area contributed by atoms with Crippen molar-refractivity contribution < 1.29 is 18.3 Å². The summed E-state index contributed by atoms with van der Waals surface area (Å²) < 4.78 is 31.9. The van der Waals surface area contributed by atoms with Gasteiger partial charge in [0, 0.05) is 18.8 Å². The molecule has 0 spiro atoms. The Morgan fingerprint density at radius 1 is 1.45 bits per heavy atom. The fraction of sp³-hybridized carbons (Fsp3) is 0.538. The van der Waals surface area contributed by atoms with Gasteiger partial charge >= 0.3 is 0 Å². The maximum absolute atomic E-state index is 12.7. The Bertz CT molecular complexity index is 602. The van der Waals surface area contributed by atoms with E-state index in [2.05, 4.69) is 5.32 Å². The number of hydrogen-bond acceptors (Lipinski definition) is 5. The van der Waals surface area contributed by atoms with Crippen LogP contribution in [0.5, 0.6) is 0 Å². The molecule has 0 radical (unpaired) electrons. The zero-order valence-electron chi connectivity index (χ0n) is 11.1. The number of aliphatic hydroxyl groups excluding tert-OH is 1. The van der Waals surface area contributed by atoms with E-state index in [0.717, 1.165) is 24.2 Å². The Morgan fingerprint density at radius 2 is 2.30 bits per heavy atom. The Labute approximate surface area is 118 Å². The number of fused-ring (bicyclic) bond motifs is 1. The van der Waals surface area contributed by atoms with E-state index in [0.29, 0.717) is 6.61 Å². The highest BCUT2D eigenvalue weighted by Gasteiger charge is 2.34. The summed E-state index contributed by atoms with van der Waals surface area (Å²) in [7, 11) is -3.59. The number of rotatable bonds is 3. The van der Waals surface area contributed by atoms with Gasteiger partial charge in [-0.15, -0.1) is 0 Å². The van der Waals surface area contributed by atoms with E-state index in [1.165, 1.54) is 4.31 Å². The second-order valence-electron chi connectivity index (χ2n) is 5.02. The van der Waals surface area contributed by atoms with Crippen molar-refractivity contribution >= 4 is 15.7 Å². The number of aliphatic hydroxyl groups is 1. The van der Waals surface area contributed by atoms with Crippen LogP contribution in [-0.4, -0.2) is 56.8 Å². The topological polar surface area (TPSA) is 78.9 Å². The van der Waals surface area contributed by atoms with Crippen LogP contribution in [0.1, 0.15) is 5.56 Å². The molecule has 7 heteroatoms. The minimum absolute atomic E-state index is 0.234. The molecular weight excluding hydrogens is 280 g/mol. The maximum atomic E-state index is 12.7. The second kappa shape index (κ2) is 5.33. The minimum Gasteiger partial charge on any atom is -0.395 e. The third kappa shape index (κ3) is 2.31. The molecule has 20 heavy (non-hydrogen) atoms. The van der Waals surface area contributed by atoms with Gasteiger partial charge in [-0.25, -0.2) is 8.42 Å². The SMILES string of the molecule is O=S(=O)(c1ccc2c(c1)NCC2)N1CCOCC1CO. The number of nitrogens with one attached hydrogen (secondary N) is 1. The zero-order chi connectivity index (χ0) is 14.2. The van der Waals surface area contributed by atoms with Crippen molar-refractivity contribution in [3.63, 3.8) is 0 Å². The first-order valence-electron chi connectivity index (χ1n) is 6.70. The van der Waals surface area contributed by atoms with Gasteiger partial charge in [-0.05, 0) is 24.1 Å². The normalized spacial score (nSPS) is 23.4. The largest absolute Gasteiger partial charge is 0.395 e. The zero-order valence-corrected chi connectivity index (χ0v) is 11.9. The number of benzene rings is 1. The molecule has 1 saturated heterocycles. The highest BCUT2D eigenvalue weighted by atomic mass is 32.2. The average molecular weight is 298 g/mol. The smallest absolute Gasteiger partial charge is 0.243 e. The van der Waals surface area contributed by atoms with Crippen LogP contribution in [0.15, 0.2) is 23.1 Å². The minimum atomic E-state index is -3.59. The third-order valence-corrected chi connectivity index (χ3v) is 5.73. The molecule has 1 aromatic carbocycles. The van der Waals surface area contributed by atoms with Crippen molar-refractivity contribution in [3.05, 3.63) is 23.8 Å². The van der Waals surface area contributed by atoms with E-state index < -0.39 is 16.1 Å². The summed E-state index contributed by atoms with van der Waals surface area (Å²) in [5.41, 5.74) is 2.03. The molecule has 1 atom stereocenters. The first-order valence-corrected chi connectivity index (χ1v) is 8.14. The molecule has 0 amide bonds. The summed E-state index contributed by atoms with van der Waals surface area (Å²) in [6, 6.07) is 4.68. The molecule has 0 aliphatic carbocycles. The Hall–Kier alpha value is -1.15. The Morgan fingerprint density at radius 3 is 3.10 bits per heavy atom. The van der Waals surface area contributed by atoms with Gasteiger partial charge in [0.05, 0.1) is 30.8 Å². The number of hydrogen-bond donors (Lipinski definition) is 2. The van der Waals surface area contributed by atoms with Crippen molar-refractivity contribution in [1.29, 1.82) is 0 Å². The summed E-state index contributed by atoms with van der Waals surface area (Å²) in [5.74, 6) is 0. The second-order valence-corrected chi connectivity index (χ2v) is 6.91. The van der Waals surface area contributed by atoms with Crippen molar-refractivity contribution in [1.82, 2.24) is 4.31 Å². The monoisotopic (exact) mass is 298 g/mol. The van der Waals surface area contributed by atoms with Crippen LogP contribution in [0, 0.1) is 0 Å². The lowest BCUT2D eigenvalue weighted by Gasteiger charge is -2.33. The number of morpholine rings is 1. The van der Waals surface area contributed by atoms with Crippen molar-refractivity contribution in [2.24, 2.45) is 0 Å². The quantitative estimate of drug-likeness (QED) is 0.823. The molecule has 2 aliphatic rings. The molecule has 2 N–H and O–H groups in total. The van der Waals surface area contributed by atoms with Gasteiger partial charge in [0.25, 0.3) is 0 Å². The molecule has 110 valence electrons. The fourth-order valence-electron chi connectivity index (χ4n) is 2.67. The molecule has 6 nitrogen and oxygen atoms in total. The standard InChI is InChI=1S/C13H18N2O4S/c16-8-11-9-19-6-5-15(11)20(17,18)12-2-1-10-3-4-14-13(10)7-12/h1-2,7,11,14,16H,3-6,8-9H2. The molecule has 0 bridgehead atoms. The summed E-state index contributed by atoms with van der Waals surface area (Å²) in [4.78, 5) is 0.269. The molecule has 1 unspecified atom stereocenters. The summed E-state index contributed by atoms with van der Waals surface area (Å²) in [6.45, 7) is 1.48. The lowest BCUT2D eigenvalue weighted by atomic mass is 10.2. The van der Waals surface area contributed by atoms with E-state index in [1.807, 2.05) is 6.07 Å². The highest BCUT2D eigenvalue weighted by molar-refractivity contribution is 7.89. The first-order chi connectivity index (χ1) is 9.63. The highest BCUT2D eigenvalue weighted by Crippen LogP contribution is 2.28. The van der Waals surface area contributed by atoms with Gasteiger partial charge in [0.1, 0.15) is 0 Å². The molecular formula is C13H18N2O4S. The average Bonchev–Trinajstić information content (AvgIpc) is 2.94. The maximum Gasteiger partial charge on any atom is 0.243 e. The number of nitrogens with zero attached hydrogens (tertiary/aromatic N) is 1. The van der Waals surface area contributed by atoms with Crippen molar-refractivity contribution in [2.45, 2.75) is 17.4 Å². The fourth-order valence-corrected chi connectivity index (χ4v) is 4.28. The number of anilines is 1. The summed E-state index contributed by atoms with van der Waals surface area (Å²) in [5, 5.41) is 12.5. The molecule has 1 aromatic rings.